The van der Waals surface area contributed by atoms with Crippen LogP contribution in [-0.4, -0.2) is 33.5 Å². The summed E-state index contributed by atoms with van der Waals surface area (Å²) in [6, 6.07) is 11.5. The van der Waals surface area contributed by atoms with Crippen LogP contribution in [0.3, 0.4) is 0 Å². The summed E-state index contributed by atoms with van der Waals surface area (Å²) in [5, 5.41) is 6.68. The number of hydrogen-bond acceptors (Lipinski definition) is 6. The molecule has 1 atom stereocenters. The molecule has 2 aromatic carbocycles. The number of thioether (sulfide) groups is 1. The fourth-order valence-corrected chi connectivity index (χ4v) is 6.11. The number of nitrogens with zero attached hydrogens (tertiary/aromatic N) is 4. The summed E-state index contributed by atoms with van der Waals surface area (Å²) in [5.41, 5.74) is 6.45. The van der Waals surface area contributed by atoms with Crippen LogP contribution in [0.25, 0.3) is 27.9 Å². The van der Waals surface area contributed by atoms with Crippen LogP contribution in [0, 0.1) is 13.8 Å². The molecule has 0 unspecified atom stereocenters. The minimum Gasteiger partial charge on any atom is -0.495 e. The summed E-state index contributed by atoms with van der Waals surface area (Å²) in [7, 11) is 1.58. The van der Waals surface area contributed by atoms with E-state index in [9.17, 15) is 4.79 Å². The first kappa shape index (κ1) is 23.9. The Morgan fingerprint density at radius 2 is 2.05 bits per heavy atom. The van der Waals surface area contributed by atoms with Gasteiger partial charge in [0.2, 0.25) is 5.91 Å². The molecule has 6 rings (SSSR count). The van der Waals surface area contributed by atoms with Crippen LogP contribution in [0.2, 0.25) is 5.02 Å². The van der Waals surface area contributed by atoms with Gasteiger partial charge in [-0.1, -0.05) is 22.8 Å². The van der Waals surface area contributed by atoms with Gasteiger partial charge in [0.05, 0.1) is 34.9 Å². The van der Waals surface area contributed by atoms with E-state index in [4.69, 9.17) is 25.8 Å². The molecule has 1 saturated heterocycles. The number of benzene rings is 2. The lowest BCUT2D eigenvalue weighted by Crippen LogP contribution is -2.29. The molecule has 37 heavy (non-hydrogen) atoms. The van der Waals surface area contributed by atoms with Gasteiger partial charge in [0, 0.05) is 29.1 Å². The average Bonchev–Trinajstić information content (AvgIpc) is 3.58. The Morgan fingerprint density at radius 3 is 2.76 bits per heavy atom. The van der Waals surface area contributed by atoms with Crippen LogP contribution in [0.15, 0.2) is 58.5 Å². The van der Waals surface area contributed by atoms with Crippen molar-refractivity contribution in [2.24, 2.45) is 0 Å². The molecule has 7 nitrogen and oxygen atoms in total. The van der Waals surface area contributed by atoms with Gasteiger partial charge in [-0.25, -0.2) is 4.98 Å². The van der Waals surface area contributed by atoms with E-state index in [0.717, 1.165) is 56.6 Å². The topological polar surface area (TPSA) is 73.4 Å². The van der Waals surface area contributed by atoms with E-state index in [-0.39, 0.29) is 11.9 Å². The van der Waals surface area contributed by atoms with E-state index in [1.165, 1.54) is 0 Å². The molecule has 0 aliphatic carbocycles. The summed E-state index contributed by atoms with van der Waals surface area (Å²) in [6.07, 6.45) is 5.40. The molecule has 1 fully saturated rings. The van der Waals surface area contributed by atoms with E-state index >= 15 is 0 Å². The van der Waals surface area contributed by atoms with Gasteiger partial charge >= 0.3 is 0 Å². The summed E-state index contributed by atoms with van der Waals surface area (Å²) in [4.78, 5) is 20.1. The number of halogens is 1. The normalized spacial score (nSPS) is 17.6. The first-order valence-corrected chi connectivity index (χ1v) is 13.5. The fraction of sp³-hybridized carbons (Fsp3) is 0.250. The van der Waals surface area contributed by atoms with E-state index in [1.54, 1.807) is 31.0 Å². The fourth-order valence-electron chi connectivity index (χ4n) is 5.24. The molecule has 0 bridgehead atoms. The summed E-state index contributed by atoms with van der Waals surface area (Å²) >= 11 is 8.19. The Kier molecular flexibility index (Phi) is 6.09. The van der Waals surface area contributed by atoms with Crippen molar-refractivity contribution in [3.05, 3.63) is 76.3 Å². The summed E-state index contributed by atoms with van der Waals surface area (Å²) in [5.74, 6) is 3.10. The Hall–Kier alpha value is -3.49. The molecule has 4 heterocycles. The maximum Gasteiger partial charge on any atom is 0.227 e. The first-order valence-electron chi connectivity index (χ1n) is 12.1. The number of allylic oxidation sites excluding steroid dienone is 2. The molecule has 2 aromatic heterocycles. The lowest BCUT2D eigenvalue weighted by molar-refractivity contribution is -0.117. The van der Waals surface area contributed by atoms with Gasteiger partial charge in [0.15, 0.2) is 0 Å². The molecule has 9 heteroatoms. The molecule has 2 aliphatic heterocycles. The molecule has 1 amide bonds. The molecule has 4 aromatic rings. The predicted octanol–water partition coefficient (Wildman–Crippen LogP) is 6.94. The van der Waals surface area contributed by atoms with Gasteiger partial charge in [-0.05, 0) is 73.7 Å². The number of methoxy groups -OCH3 is 1. The predicted molar refractivity (Wildman–Crippen MR) is 148 cm³/mol. The first-order chi connectivity index (χ1) is 18.0. The van der Waals surface area contributed by atoms with Crippen LogP contribution in [0.5, 0.6) is 5.75 Å². The molecule has 188 valence electrons. The number of aromatic nitrogens is 3. The van der Waals surface area contributed by atoms with Crippen LogP contribution in [-0.2, 0) is 4.79 Å². The van der Waals surface area contributed by atoms with Crippen LogP contribution < -0.4 is 9.64 Å². The zero-order chi connectivity index (χ0) is 25.7. The minimum absolute atomic E-state index is 0.0463. The Bertz CT molecular complexity index is 1580. The number of imidazole rings is 1. The number of ether oxygens (including phenoxy) is 1. The number of fused-ring (bicyclic) bond motifs is 1. The molecule has 2 aliphatic rings. The summed E-state index contributed by atoms with van der Waals surface area (Å²) in [6.45, 7) is 3.86. The number of amides is 1. The van der Waals surface area contributed by atoms with Crippen molar-refractivity contribution >= 4 is 51.7 Å². The number of anilines is 1. The van der Waals surface area contributed by atoms with Crippen molar-refractivity contribution in [2.75, 3.05) is 17.8 Å². The number of carbonyl (C=O) groups excluding carboxylic acids is 1. The zero-order valence-electron chi connectivity index (χ0n) is 20.7. The highest BCUT2D eigenvalue weighted by molar-refractivity contribution is 8.02. The molecular weight excluding hydrogens is 508 g/mol. The highest BCUT2D eigenvalue weighted by Crippen LogP contribution is 2.42. The second-order valence-electron chi connectivity index (χ2n) is 9.11. The highest BCUT2D eigenvalue weighted by Gasteiger charge is 2.37. The van der Waals surface area contributed by atoms with Gasteiger partial charge in [0.25, 0.3) is 0 Å². The number of hydrogen-bond donors (Lipinski definition) is 0. The maximum atomic E-state index is 13.2. The van der Waals surface area contributed by atoms with Crippen molar-refractivity contribution in [3.8, 4) is 16.9 Å². The molecule has 0 radical (unpaired) electrons. The van der Waals surface area contributed by atoms with E-state index in [1.807, 2.05) is 24.8 Å². The lowest BCUT2D eigenvalue weighted by atomic mass is 10.0. The van der Waals surface area contributed by atoms with Gasteiger partial charge in [0.1, 0.15) is 17.3 Å². The highest BCUT2D eigenvalue weighted by atomic mass is 35.5. The van der Waals surface area contributed by atoms with Crippen molar-refractivity contribution in [3.63, 3.8) is 0 Å². The smallest absolute Gasteiger partial charge is 0.227 e. The third-order valence-electron chi connectivity index (χ3n) is 6.91. The standard InChI is InChI=1S/C28H25ClN4O3S/c1-16-27(17(2)36-31-16)18-4-6-23-22(14-18)30-28(33(23)19-10-12-37-13-11-19)24-7-9-26(34)32(24)20-5-8-25(35-3)21(29)15-20/h4-6,8,10-12,14-15,24H,7,9,13H2,1-3H3/t24-/m0/s1. The van der Waals surface area contributed by atoms with E-state index in [2.05, 4.69) is 45.5 Å². The SMILES string of the molecule is COc1ccc(N2C(=O)CC[C@H]2c2nc3cc(-c4c(C)noc4C)ccc3n2C2=CCSC=C2)cc1Cl. The molecule has 0 saturated carbocycles. The molecular formula is C28H25ClN4O3S. The second kappa shape index (κ2) is 9.43. The Labute approximate surface area is 223 Å². The Balaban J connectivity index is 1.52. The van der Waals surface area contributed by atoms with E-state index < -0.39 is 0 Å². The Morgan fingerprint density at radius 1 is 1.19 bits per heavy atom. The third kappa shape index (κ3) is 4.04. The number of rotatable bonds is 5. The second-order valence-corrected chi connectivity index (χ2v) is 10.5. The third-order valence-corrected chi connectivity index (χ3v) is 7.89. The van der Waals surface area contributed by atoms with Crippen molar-refractivity contribution in [2.45, 2.75) is 32.7 Å². The molecule has 0 spiro atoms. The number of aryl methyl sites for hydroxylation is 2. The van der Waals surface area contributed by atoms with E-state index in [0.29, 0.717) is 23.6 Å². The lowest BCUT2D eigenvalue weighted by Gasteiger charge is -2.26. The zero-order valence-corrected chi connectivity index (χ0v) is 22.3. The summed E-state index contributed by atoms with van der Waals surface area (Å²) < 4.78 is 12.9. The van der Waals surface area contributed by atoms with Crippen LogP contribution in [0.1, 0.15) is 36.2 Å². The van der Waals surface area contributed by atoms with Crippen molar-refractivity contribution < 1.29 is 14.1 Å². The van der Waals surface area contributed by atoms with Crippen LogP contribution >= 0.6 is 23.4 Å². The molecule has 0 N–H and O–H groups in total. The largest absolute Gasteiger partial charge is 0.495 e. The van der Waals surface area contributed by atoms with Gasteiger partial charge in [-0.15, -0.1) is 11.8 Å². The van der Waals surface area contributed by atoms with Gasteiger partial charge in [-0.3, -0.25) is 9.36 Å². The van der Waals surface area contributed by atoms with Crippen molar-refractivity contribution in [1.82, 2.24) is 14.7 Å². The average molecular weight is 533 g/mol. The number of carbonyl (C=O) groups is 1. The van der Waals surface area contributed by atoms with Crippen LogP contribution in [0.4, 0.5) is 5.69 Å². The maximum absolute atomic E-state index is 13.2. The van der Waals surface area contributed by atoms with Gasteiger partial charge < -0.3 is 14.2 Å². The quantitative estimate of drug-likeness (QED) is 0.277. The van der Waals surface area contributed by atoms with Gasteiger partial charge in [-0.2, -0.15) is 0 Å². The monoisotopic (exact) mass is 532 g/mol. The minimum atomic E-state index is -0.240. The van der Waals surface area contributed by atoms with Crippen molar-refractivity contribution in [1.29, 1.82) is 0 Å².